The summed E-state index contributed by atoms with van der Waals surface area (Å²) in [7, 11) is 0. The molecule has 0 bridgehead atoms. The van der Waals surface area contributed by atoms with Gasteiger partial charge in [-0.2, -0.15) is 8.78 Å². The molecule has 0 spiro atoms. The van der Waals surface area contributed by atoms with Gasteiger partial charge in [-0.1, -0.05) is 5.21 Å². The van der Waals surface area contributed by atoms with Gasteiger partial charge in [0.15, 0.2) is 0 Å². The number of carbonyl (C=O) groups is 1. The summed E-state index contributed by atoms with van der Waals surface area (Å²) in [6, 6.07) is 0. The standard InChI is InChI=1S/C7H9F2N3O2/c1-2-12-5(4-10-11-12)3-7(8,9)6(13)14/h4H,2-3H2,1H3,(H,13,14). The number of carboxylic acid groups (broad SMARTS) is 1. The third kappa shape index (κ3) is 2.04. The summed E-state index contributed by atoms with van der Waals surface area (Å²) in [5.74, 6) is -5.91. The number of rotatable bonds is 4. The first-order chi connectivity index (χ1) is 6.47. The molecule has 1 heterocycles. The molecule has 0 aromatic carbocycles. The number of carboxylic acids is 1. The van der Waals surface area contributed by atoms with Gasteiger partial charge in [0.1, 0.15) is 0 Å². The van der Waals surface area contributed by atoms with Crippen molar-refractivity contribution in [1.82, 2.24) is 15.0 Å². The molecule has 5 nitrogen and oxygen atoms in total. The van der Waals surface area contributed by atoms with Gasteiger partial charge in [-0.25, -0.2) is 9.48 Å². The minimum atomic E-state index is -3.77. The number of nitrogens with zero attached hydrogens (tertiary/aromatic N) is 3. The number of aliphatic carboxylic acids is 1. The van der Waals surface area contributed by atoms with Crippen molar-refractivity contribution >= 4 is 5.97 Å². The van der Waals surface area contributed by atoms with E-state index in [1.807, 2.05) is 0 Å². The second-order valence-corrected chi connectivity index (χ2v) is 2.73. The van der Waals surface area contributed by atoms with Crippen molar-refractivity contribution in [2.24, 2.45) is 0 Å². The number of aryl methyl sites for hydroxylation is 1. The van der Waals surface area contributed by atoms with E-state index in [0.29, 0.717) is 6.54 Å². The lowest BCUT2D eigenvalue weighted by Gasteiger charge is -2.10. The fourth-order valence-corrected chi connectivity index (χ4v) is 0.985. The molecule has 0 radical (unpaired) electrons. The molecular weight excluding hydrogens is 196 g/mol. The summed E-state index contributed by atoms with van der Waals surface area (Å²) in [6.45, 7) is 2.09. The van der Waals surface area contributed by atoms with E-state index in [1.54, 1.807) is 6.92 Å². The first-order valence-electron chi connectivity index (χ1n) is 3.96. The second-order valence-electron chi connectivity index (χ2n) is 2.73. The molecule has 0 aliphatic heterocycles. The first kappa shape index (κ1) is 10.6. The van der Waals surface area contributed by atoms with E-state index in [-0.39, 0.29) is 5.69 Å². The Hall–Kier alpha value is -1.53. The molecule has 1 aromatic rings. The molecule has 0 saturated heterocycles. The second kappa shape index (κ2) is 3.69. The Kier molecular flexibility index (Phi) is 2.78. The van der Waals surface area contributed by atoms with Gasteiger partial charge in [-0.15, -0.1) is 5.10 Å². The van der Waals surface area contributed by atoms with E-state index in [0.717, 1.165) is 6.20 Å². The summed E-state index contributed by atoms with van der Waals surface area (Å²) in [5.41, 5.74) is 0.111. The molecule has 7 heteroatoms. The van der Waals surface area contributed by atoms with E-state index in [1.165, 1.54) is 4.68 Å². The quantitative estimate of drug-likeness (QED) is 0.779. The van der Waals surface area contributed by atoms with Crippen molar-refractivity contribution in [3.8, 4) is 0 Å². The molecular formula is C7H9F2N3O2. The van der Waals surface area contributed by atoms with Crippen molar-refractivity contribution in [2.45, 2.75) is 25.8 Å². The summed E-state index contributed by atoms with van der Waals surface area (Å²) < 4.78 is 26.7. The third-order valence-corrected chi connectivity index (χ3v) is 1.71. The van der Waals surface area contributed by atoms with Crippen LogP contribution in [0.3, 0.4) is 0 Å². The monoisotopic (exact) mass is 205 g/mol. The van der Waals surface area contributed by atoms with Crippen molar-refractivity contribution in [1.29, 1.82) is 0 Å². The summed E-state index contributed by atoms with van der Waals surface area (Å²) >= 11 is 0. The van der Waals surface area contributed by atoms with E-state index in [9.17, 15) is 13.6 Å². The van der Waals surface area contributed by atoms with Crippen LogP contribution in [-0.2, 0) is 17.8 Å². The van der Waals surface area contributed by atoms with Crippen molar-refractivity contribution in [3.05, 3.63) is 11.9 Å². The maximum atomic E-state index is 12.8. The highest BCUT2D eigenvalue weighted by molar-refractivity contribution is 5.75. The Labute approximate surface area is 78.3 Å². The van der Waals surface area contributed by atoms with Crippen LogP contribution >= 0.6 is 0 Å². The first-order valence-corrected chi connectivity index (χ1v) is 3.96. The Morgan fingerprint density at radius 1 is 1.71 bits per heavy atom. The number of hydrogen-bond donors (Lipinski definition) is 1. The van der Waals surface area contributed by atoms with Crippen LogP contribution in [0.25, 0.3) is 0 Å². The van der Waals surface area contributed by atoms with Gasteiger partial charge in [0.2, 0.25) is 0 Å². The predicted octanol–water partition coefficient (Wildman–Crippen LogP) is 0.560. The van der Waals surface area contributed by atoms with E-state index < -0.39 is 18.3 Å². The highest BCUT2D eigenvalue weighted by Gasteiger charge is 2.39. The van der Waals surface area contributed by atoms with Gasteiger partial charge in [0.25, 0.3) is 0 Å². The molecule has 0 saturated carbocycles. The lowest BCUT2D eigenvalue weighted by molar-refractivity contribution is -0.164. The van der Waals surface area contributed by atoms with Crippen LogP contribution in [0.2, 0.25) is 0 Å². The highest BCUT2D eigenvalue weighted by Crippen LogP contribution is 2.19. The molecule has 0 fully saturated rings. The minimum absolute atomic E-state index is 0.111. The average molecular weight is 205 g/mol. The van der Waals surface area contributed by atoms with Crippen LogP contribution in [-0.4, -0.2) is 32.0 Å². The fraction of sp³-hybridized carbons (Fsp3) is 0.571. The molecule has 14 heavy (non-hydrogen) atoms. The molecule has 1 N–H and O–H groups in total. The molecule has 0 aliphatic rings. The predicted molar refractivity (Wildman–Crippen MR) is 42.0 cm³/mol. The average Bonchev–Trinajstić information content (AvgIpc) is 2.50. The molecule has 0 unspecified atom stereocenters. The third-order valence-electron chi connectivity index (χ3n) is 1.71. The van der Waals surface area contributed by atoms with Crippen LogP contribution in [0.1, 0.15) is 12.6 Å². The Morgan fingerprint density at radius 2 is 2.36 bits per heavy atom. The molecule has 1 rings (SSSR count). The van der Waals surface area contributed by atoms with Gasteiger partial charge in [-0.05, 0) is 6.92 Å². The zero-order valence-corrected chi connectivity index (χ0v) is 7.44. The van der Waals surface area contributed by atoms with Gasteiger partial charge < -0.3 is 5.11 Å². The van der Waals surface area contributed by atoms with Crippen molar-refractivity contribution in [2.75, 3.05) is 0 Å². The van der Waals surface area contributed by atoms with Crippen LogP contribution < -0.4 is 0 Å². The molecule has 0 atom stereocenters. The normalized spacial score (nSPS) is 11.6. The van der Waals surface area contributed by atoms with Crippen LogP contribution in [0.5, 0.6) is 0 Å². The lowest BCUT2D eigenvalue weighted by atomic mass is 10.2. The zero-order valence-electron chi connectivity index (χ0n) is 7.44. The van der Waals surface area contributed by atoms with Crippen LogP contribution in [0.15, 0.2) is 6.20 Å². The Balaban J connectivity index is 2.83. The van der Waals surface area contributed by atoms with Crippen LogP contribution in [0.4, 0.5) is 8.78 Å². The molecule has 1 aromatic heterocycles. The molecule has 0 aliphatic carbocycles. The maximum absolute atomic E-state index is 12.8. The van der Waals surface area contributed by atoms with Gasteiger partial charge in [-0.3, -0.25) is 0 Å². The molecule has 0 amide bonds. The summed E-state index contributed by atoms with van der Waals surface area (Å²) in [6.07, 6.45) is 0.253. The van der Waals surface area contributed by atoms with Crippen LogP contribution in [0, 0.1) is 0 Å². The topological polar surface area (TPSA) is 68.0 Å². The van der Waals surface area contributed by atoms with Crippen molar-refractivity contribution in [3.63, 3.8) is 0 Å². The minimum Gasteiger partial charge on any atom is -0.477 e. The Morgan fingerprint density at radius 3 is 2.86 bits per heavy atom. The van der Waals surface area contributed by atoms with Gasteiger partial charge >= 0.3 is 11.9 Å². The number of alkyl halides is 2. The largest absolute Gasteiger partial charge is 0.477 e. The number of aromatic nitrogens is 3. The summed E-state index contributed by atoms with van der Waals surface area (Å²) in [4.78, 5) is 10.1. The van der Waals surface area contributed by atoms with Crippen molar-refractivity contribution < 1.29 is 18.7 Å². The zero-order chi connectivity index (χ0) is 10.8. The molecule has 78 valence electrons. The Bertz CT molecular complexity index is 337. The van der Waals surface area contributed by atoms with Gasteiger partial charge in [0, 0.05) is 6.54 Å². The van der Waals surface area contributed by atoms with E-state index >= 15 is 0 Å². The maximum Gasteiger partial charge on any atom is 0.374 e. The fourth-order valence-electron chi connectivity index (χ4n) is 0.985. The van der Waals surface area contributed by atoms with Gasteiger partial charge in [0.05, 0.1) is 18.3 Å². The van der Waals surface area contributed by atoms with E-state index in [4.69, 9.17) is 5.11 Å². The smallest absolute Gasteiger partial charge is 0.374 e. The highest BCUT2D eigenvalue weighted by atomic mass is 19.3. The number of hydrogen-bond acceptors (Lipinski definition) is 3. The number of halogens is 2. The SMILES string of the molecule is CCn1nncc1CC(F)(F)C(=O)O. The lowest BCUT2D eigenvalue weighted by Crippen LogP contribution is -2.31. The van der Waals surface area contributed by atoms with E-state index in [2.05, 4.69) is 10.3 Å². The summed E-state index contributed by atoms with van der Waals surface area (Å²) in [5, 5.41) is 15.1.